The molecule has 2 rings (SSSR count). The summed E-state index contributed by atoms with van der Waals surface area (Å²) in [5.74, 6) is 0.273. The second kappa shape index (κ2) is 8.46. The van der Waals surface area contributed by atoms with E-state index in [-0.39, 0.29) is 17.9 Å². The topological polar surface area (TPSA) is 49.6 Å². The summed E-state index contributed by atoms with van der Waals surface area (Å²) in [6.07, 6.45) is 2.37. The van der Waals surface area contributed by atoms with Gasteiger partial charge < -0.3 is 10.6 Å². The molecular formula is C19H31N3O. The minimum atomic E-state index is -0.390. The van der Waals surface area contributed by atoms with Crippen LogP contribution in [0.3, 0.4) is 0 Å². The van der Waals surface area contributed by atoms with E-state index in [1.807, 2.05) is 25.7 Å². The second-order valence-electron chi connectivity index (χ2n) is 6.90. The average molecular weight is 317 g/mol. The molecule has 0 aliphatic carbocycles. The molecule has 0 bridgehead atoms. The summed E-state index contributed by atoms with van der Waals surface area (Å²) in [6.45, 7) is 9.66. The van der Waals surface area contributed by atoms with E-state index in [2.05, 4.69) is 35.2 Å². The Bertz CT molecular complexity index is 489. The van der Waals surface area contributed by atoms with Gasteiger partial charge in [0.2, 0.25) is 5.91 Å². The van der Waals surface area contributed by atoms with Gasteiger partial charge in [-0.05, 0) is 37.8 Å². The number of rotatable bonds is 7. The van der Waals surface area contributed by atoms with Crippen molar-refractivity contribution < 1.29 is 4.79 Å². The number of carbonyl (C=O) groups is 1. The normalized spacial score (nSPS) is 20.0. The number of carbonyl (C=O) groups excluding carboxylic acids is 1. The fourth-order valence-electron chi connectivity index (χ4n) is 3.25. The number of nitrogens with zero attached hydrogens (tertiary/aromatic N) is 2. The van der Waals surface area contributed by atoms with Gasteiger partial charge >= 0.3 is 0 Å². The Morgan fingerprint density at radius 2 is 2.04 bits per heavy atom. The predicted molar refractivity (Wildman–Crippen MR) is 94.9 cm³/mol. The number of nitrogens with two attached hydrogens (primary N) is 1. The third kappa shape index (κ3) is 4.79. The van der Waals surface area contributed by atoms with Gasteiger partial charge in [0.1, 0.15) is 0 Å². The highest BCUT2D eigenvalue weighted by Gasteiger charge is 2.30. The minimum absolute atomic E-state index is 0.0917. The third-order valence-corrected chi connectivity index (χ3v) is 4.86. The van der Waals surface area contributed by atoms with Crippen molar-refractivity contribution in [3.8, 4) is 0 Å². The molecule has 0 radical (unpaired) electrons. The lowest BCUT2D eigenvalue weighted by atomic mass is 10.0. The van der Waals surface area contributed by atoms with Crippen molar-refractivity contribution in [1.29, 1.82) is 0 Å². The van der Waals surface area contributed by atoms with Crippen LogP contribution in [0.25, 0.3) is 0 Å². The molecule has 1 fully saturated rings. The van der Waals surface area contributed by atoms with Gasteiger partial charge in [0.05, 0.1) is 6.04 Å². The zero-order valence-electron chi connectivity index (χ0n) is 14.7. The molecule has 2 atom stereocenters. The summed E-state index contributed by atoms with van der Waals surface area (Å²) in [5, 5.41) is 0. The van der Waals surface area contributed by atoms with Crippen molar-refractivity contribution in [2.45, 2.75) is 52.2 Å². The maximum Gasteiger partial charge on any atom is 0.239 e. The Balaban J connectivity index is 1.97. The van der Waals surface area contributed by atoms with Crippen molar-refractivity contribution in [2.75, 3.05) is 19.6 Å². The molecule has 1 aliphatic rings. The molecule has 0 spiro atoms. The molecule has 1 amide bonds. The molecule has 4 heteroatoms. The van der Waals surface area contributed by atoms with E-state index in [1.54, 1.807) is 0 Å². The van der Waals surface area contributed by atoms with Crippen molar-refractivity contribution in [2.24, 2.45) is 11.7 Å². The van der Waals surface area contributed by atoms with Crippen LogP contribution in [-0.4, -0.2) is 47.4 Å². The molecule has 1 heterocycles. The lowest BCUT2D eigenvalue weighted by molar-refractivity contribution is -0.134. The number of hydrogen-bond donors (Lipinski definition) is 1. The Kier molecular flexibility index (Phi) is 6.60. The second-order valence-corrected chi connectivity index (χ2v) is 6.90. The maximum absolute atomic E-state index is 12.6. The smallest absolute Gasteiger partial charge is 0.239 e. The highest BCUT2D eigenvalue weighted by Crippen LogP contribution is 2.21. The van der Waals surface area contributed by atoms with Crippen LogP contribution in [-0.2, 0) is 11.3 Å². The van der Waals surface area contributed by atoms with Gasteiger partial charge in [-0.1, -0.05) is 44.2 Å². The standard InChI is InChI=1S/C19H31N3O/c1-4-21(19(23)18(20)15(2)3)14-17-11-8-12-22(17)13-16-9-6-5-7-10-16/h5-7,9-10,15,17-18H,4,8,11-14,20H2,1-3H3/t17-,18+/m1/s1. The molecule has 4 nitrogen and oxygen atoms in total. The van der Waals surface area contributed by atoms with Crippen molar-refractivity contribution in [3.05, 3.63) is 35.9 Å². The molecule has 0 unspecified atom stereocenters. The molecule has 1 aliphatic heterocycles. The SMILES string of the molecule is CCN(C[C@H]1CCCN1Cc1ccccc1)C(=O)[C@@H](N)C(C)C. The van der Waals surface area contributed by atoms with E-state index >= 15 is 0 Å². The largest absolute Gasteiger partial charge is 0.340 e. The minimum Gasteiger partial charge on any atom is -0.340 e. The fourth-order valence-corrected chi connectivity index (χ4v) is 3.25. The van der Waals surface area contributed by atoms with Crippen molar-refractivity contribution in [1.82, 2.24) is 9.80 Å². The first-order valence-corrected chi connectivity index (χ1v) is 8.85. The van der Waals surface area contributed by atoms with Crippen molar-refractivity contribution in [3.63, 3.8) is 0 Å². The molecule has 1 saturated heterocycles. The van der Waals surface area contributed by atoms with Crippen LogP contribution in [0.1, 0.15) is 39.2 Å². The highest BCUT2D eigenvalue weighted by molar-refractivity contribution is 5.81. The predicted octanol–water partition coefficient (Wildman–Crippen LogP) is 2.48. The van der Waals surface area contributed by atoms with Crippen LogP contribution in [0.5, 0.6) is 0 Å². The molecule has 1 aromatic rings. The van der Waals surface area contributed by atoms with E-state index in [9.17, 15) is 4.79 Å². The van der Waals surface area contributed by atoms with Gasteiger partial charge in [0.15, 0.2) is 0 Å². The summed E-state index contributed by atoms with van der Waals surface area (Å²) in [7, 11) is 0. The molecule has 0 aromatic heterocycles. The van der Waals surface area contributed by atoms with Gasteiger partial charge in [-0.25, -0.2) is 0 Å². The fraction of sp³-hybridized carbons (Fsp3) is 0.632. The van der Waals surface area contributed by atoms with E-state index < -0.39 is 0 Å². The Hall–Kier alpha value is -1.39. The van der Waals surface area contributed by atoms with Crippen LogP contribution in [0.4, 0.5) is 0 Å². The molecule has 2 N–H and O–H groups in total. The summed E-state index contributed by atoms with van der Waals surface area (Å²) in [5.41, 5.74) is 7.40. The number of benzene rings is 1. The lowest BCUT2D eigenvalue weighted by Crippen LogP contribution is -2.50. The molecule has 23 heavy (non-hydrogen) atoms. The van der Waals surface area contributed by atoms with Gasteiger partial charge in [-0.2, -0.15) is 0 Å². The number of likely N-dealkylation sites (N-methyl/N-ethyl adjacent to an activating group) is 1. The molecule has 128 valence electrons. The summed E-state index contributed by atoms with van der Waals surface area (Å²) < 4.78 is 0. The van der Waals surface area contributed by atoms with Crippen LogP contribution in [0.15, 0.2) is 30.3 Å². The monoisotopic (exact) mass is 317 g/mol. The zero-order chi connectivity index (χ0) is 16.8. The van der Waals surface area contributed by atoms with E-state index in [4.69, 9.17) is 5.73 Å². The van der Waals surface area contributed by atoms with Gasteiger partial charge in [-0.15, -0.1) is 0 Å². The number of amides is 1. The van der Waals surface area contributed by atoms with Crippen molar-refractivity contribution >= 4 is 5.91 Å². The molecular weight excluding hydrogens is 286 g/mol. The van der Waals surface area contributed by atoms with E-state index in [0.717, 1.165) is 32.6 Å². The molecule has 0 saturated carbocycles. The van der Waals surface area contributed by atoms with Gasteiger partial charge in [0, 0.05) is 25.7 Å². The number of hydrogen-bond acceptors (Lipinski definition) is 3. The first-order valence-electron chi connectivity index (χ1n) is 8.85. The van der Waals surface area contributed by atoms with Crippen LogP contribution < -0.4 is 5.73 Å². The van der Waals surface area contributed by atoms with E-state index in [0.29, 0.717) is 6.04 Å². The molecule has 1 aromatic carbocycles. The average Bonchev–Trinajstić information content (AvgIpc) is 2.99. The Labute approximate surface area is 140 Å². The van der Waals surface area contributed by atoms with Crippen LogP contribution >= 0.6 is 0 Å². The highest BCUT2D eigenvalue weighted by atomic mass is 16.2. The van der Waals surface area contributed by atoms with E-state index in [1.165, 1.54) is 12.0 Å². The van der Waals surface area contributed by atoms with Gasteiger partial charge in [-0.3, -0.25) is 9.69 Å². The van der Waals surface area contributed by atoms with Crippen LogP contribution in [0, 0.1) is 5.92 Å². The summed E-state index contributed by atoms with van der Waals surface area (Å²) in [4.78, 5) is 17.0. The zero-order valence-corrected chi connectivity index (χ0v) is 14.7. The summed E-state index contributed by atoms with van der Waals surface area (Å²) >= 11 is 0. The van der Waals surface area contributed by atoms with Crippen LogP contribution in [0.2, 0.25) is 0 Å². The first kappa shape index (κ1) is 18.0. The number of likely N-dealkylation sites (tertiary alicyclic amines) is 1. The lowest BCUT2D eigenvalue weighted by Gasteiger charge is -2.32. The summed E-state index contributed by atoms with van der Waals surface area (Å²) in [6, 6.07) is 10.6. The quantitative estimate of drug-likeness (QED) is 0.840. The Morgan fingerprint density at radius 1 is 1.35 bits per heavy atom. The third-order valence-electron chi connectivity index (χ3n) is 4.86. The first-order chi connectivity index (χ1) is 11.0. The Morgan fingerprint density at radius 3 is 2.65 bits per heavy atom. The maximum atomic E-state index is 12.6. The van der Waals surface area contributed by atoms with Gasteiger partial charge in [0.25, 0.3) is 0 Å².